The predicted molar refractivity (Wildman–Crippen MR) is 111 cm³/mol. The number of hydrazone groups is 1. The van der Waals surface area contributed by atoms with Crippen LogP contribution in [0.5, 0.6) is 11.5 Å². The first kappa shape index (κ1) is 19.8. The zero-order valence-electron chi connectivity index (χ0n) is 14.6. The molecule has 0 aliphatic carbocycles. The lowest BCUT2D eigenvalue weighted by atomic mass is 10.1. The second-order valence-corrected chi connectivity index (χ2v) is 6.43. The Hall–Kier alpha value is -2.53. The lowest BCUT2D eigenvalue weighted by Gasteiger charge is -2.13. The lowest BCUT2D eigenvalue weighted by Crippen LogP contribution is -2.18. The minimum atomic E-state index is -0.256. The maximum Gasteiger partial charge on any atom is 0.271 e. The van der Waals surface area contributed by atoms with Crippen LogP contribution >= 0.6 is 22.6 Å². The first-order chi connectivity index (χ1) is 12.6. The lowest BCUT2D eigenvalue weighted by molar-refractivity contribution is 0.0954. The monoisotopic (exact) mass is 462 g/mol. The molecule has 26 heavy (non-hydrogen) atoms. The van der Waals surface area contributed by atoms with Gasteiger partial charge in [-0.1, -0.05) is 24.1 Å². The fourth-order valence-electron chi connectivity index (χ4n) is 2.23. The minimum Gasteiger partial charge on any atom is -0.490 e. The molecule has 0 aromatic heterocycles. The topological polar surface area (TPSA) is 59.9 Å². The Morgan fingerprint density at radius 3 is 2.81 bits per heavy atom. The molecule has 0 unspecified atom stereocenters. The third-order valence-corrected chi connectivity index (χ3v) is 4.20. The van der Waals surface area contributed by atoms with E-state index in [-0.39, 0.29) is 12.5 Å². The molecule has 0 radical (unpaired) electrons. The zero-order valence-corrected chi connectivity index (χ0v) is 16.7. The van der Waals surface area contributed by atoms with Gasteiger partial charge in [0.15, 0.2) is 11.5 Å². The van der Waals surface area contributed by atoms with Crippen molar-refractivity contribution < 1.29 is 14.3 Å². The van der Waals surface area contributed by atoms with Gasteiger partial charge in [-0.05, 0) is 65.8 Å². The third kappa shape index (κ3) is 5.23. The summed E-state index contributed by atoms with van der Waals surface area (Å²) >= 11 is 2.15. The highest BCUT2D eigenvalue weighted by molar-refractivity contribution is 14.1. The summed E-state index contributed by atoms with van der Waals surface area (Å²) in [6.45, 7) is 4.42. The molecule has 0 heterocycles. The van der Waals surface area contributed by atoms with Crippen molar-refractivity contribution in [2.75, 3.05) is 13.2 Å². The number of aryl methyl sites for hydroxylation is 1. The Morgan fingerprint density at radius 2 is 2.12 bits per heavy atom. The molecule has 2 aromatic rings. The molecule has 1 N–H and O–H groups in total. The number of hydrogen-bond acceptors (Lipinski definition) is 4. The fraction of sp³-hybridized carbons (Fsp3) is 0.200. The van der Waals surface area contributed by atoms with E-state index in [1.807, 2.05) is 38.1 Å². The van der Waals surface area contributed by atoms with Crippen LogP contribution in [0.4, 0.5) is 0 Å². The summed E-state index contributed by atoms with van der Waals surface area (Å²) in [5.74, 6) is 3.37. The van der Waals surface area contributed by atoms with E-state index in [0.29, 0.717) is 23.7 Å². The summed E-state index contributed by atoms with van der Waals surface area (Å²) in [4.78, 5) is 12.2. The van der Waals surface area contributed by atoms with Crippen molar-refractivity contribution in [1.82, 2.24) is 5.43 Å². The van der Waals surface area contributed by atoms with Gasteiger partial charge in [-0.3, -0.25) is 4.79 Å². The number of ether oxygens (including phenoxy) is 2. The number of nitrogens with one attached hydrogen (secondary N) is 1. The molecule has 0 bridgehead atoms. The number of hydrogen-bond donors (Lipinski definition) is 1. The molecule has 2 aromatic carbocycles. The molecule has 1 amide bonds. The Morgan fingerprint density at radius 1 is 1.35 bits per heavy atom. The molecule has 0 saturated carbocycles. The molecule has 0 aliphatic rings. The summed E-state index contributed by atoms with van der Waals surface area (Å²) in [7, 11) is 0. The molecule has 0 aliphatic heterocycles. The van der Waals surface area contributed by atoms with Gasteiger partial charge in [0.05, 0.1) is 16.4 Å². The number of amides is 1. The Labute approximate surface area is 166 Å². The van der Waals surface area contributed by atoms with Crippen molar-refractivity contribution >= 4 is 34.7 Å². The fourth-order valence-corrected chi connectivity index (χ4v) is 3.01. The molecular formula is C20H19IN2O3. The molecule has 2 rings (SSSR count). The van der Waals surface area contributed by atoms with Gasteiger partial charge in [0.2, 0.25) is 0 Å². The average Bonchev–Trinajstić information content (AvgIpc) is 2.61. The van der Waals surface area contributed by atoms with Gasteiger partial charge in [0, 0.05) is 5.56 Å². The largest absolute Gasteiger partial charge is 0.490 e. The summed E-state index contributed by atoms with van der Waals surface area (Å²) in [6, 6.07) is 11.0. The molecule has 134 valence electrons. The van der Waals surface area contributed by atoms with Gasteiger partial charge in [-0.25, -0.2) is 5.43 Å². The maximum absolute atomic E-state index is 12.2. The van der Waals surface area contributed by atoms with Crippen LogP contribution in [0.25, 0.3) is 0 Å². The molecule has 0 atom stereocenters. The highest BCUT2D eigenvalue weighted by atomic mass is 127. The summed E-state index contributed by atoms with van der Waals surface area (Å²) in [5.41, 5.74) is 4.79. The van der Waals surface area contributed by atoms with Gasteiger partial charge in [-0.2, -0.15) is 5.10 Å². The van der Waals surface area contributed by atoms with Gasteiger partial charge in [-0.15, -0.1) is 6.42 Å². The normalized spacial score (nSPS) is 10.4. The Kier molecular flexibility index (Phi) is 7.48. The van der Waals surface area contributed by atoms with Gasteiger partial charge in [0.25, 0.3) is 5.91 Å². The Bertz CT molecular complexity index is 857. The van der Waals surface area contributed by atoms with Crippen molar-refractivity contribution in [2.24, 2.45) is 5.10 Å². The SMILES string of the molecule is C#CCOc1c(I)cc(/C=N/NC(=O)c2ccccc2C)cc1OCC. The number of rotatable bonds is 7. The summed E-state index contributed by atoms with van der Waals surface area (Å²) in [6.07, 6.45) is 6.81. The summed E-state index contributed by atoms with van der Waals surface area (Å²) < 4.78 is 12.0. The highest BCUT2D eigenvalue weighted by Crippen LogP contribution is 2.33. The van der Waals surface area contributed by atoms with Gasteiger partial charge >= 0.3 is 0 Å². The number of nitrogens with zero attached hydrogens (tertiary/aromatic N) is 1. The van der Waals surface area contributed by atoms with E-state index in [2.05, 4.69) is 39.0 Å². The zero-order chi connectivity index (χ0) is 18.9. The highest BCUT2D eigenvalue weighted by Gasteiger charge is 2.12. The van der Waals surface area contributed by atoms with Crippen LogP contribution in [0, 0.1) is 22.8 Å². The first-order valence-electron chi connectivity index (χ1n) is 7.98. The molecule has 0 saturated heterocycles. The van der Waals surface area contributed by atoms with E-state index >= 15 is 0 Å². The van der Waals surface area contributed by atoms with E-state index in [4.69, 9.17) is 15.9 Å². The Balaban J connectivity index is 2.16. The number of carbonyl (C=O) groups is 1. The second-order valence-electron chi connectivity index (χ2n) is 5.27. The van der Waals surface area contributed by atoms with Crippen LogP contribution in [0.1, 0.15) is 28.4 Å². The third-order valence-electron chi connectivity index (χ3n) is 3.40. The van der Waals surface area contributed by atoms with E-state index < -0.39 is 0 Å². The smallest absolute Gasteiger partial charge is 0.271 e. The molecule has 5 nitrogen and oxygen atoms in total. The van der Waals surface area contributed by atoms with E-state index in [1.54, 1.807) is 18.3 Å². The van der Waals surface area contributed by atoms with E-state index in [1.165, 1.54) is 0 Å². The van der Waals surface area contributed by atoms with Crippen LogP contribution in [0.15, 0.2) is 41.5 Å². The van der Waals surface area contributed by atoms with E-state index in [9.17, 15) is 4.79 Å². The summed E-state index contributed by atoms with van der Waals surface area (Å²) in [5, 5.41) is 4.04. The number of carbonyl (C=O) groups excluding carboxylic acids is 1. The van der Waals surface area contributed by atoms with Gasteiger partial charge < -0.3 is 9.47 Å². The van der Waals surface area contributed by atoms with Crippen LogP contribution in [0.2, 0.25) is 0 Å². The minimum absolute atomic E-state index is 0.163. The number of terminal acetylenes is 1. The van der Waals surface area contributed by atoms with Crippen molar-refractivity contribution in [1.29, 1.82) is 0 Å². The van der Waals surface area contributed by atoms with Crippen molar-refractivity contribution in [3.05, 3.63) is 56.7 Å². The predicted octanol–water partition coefficient (Wildman–Crippen LogP) is 3.77. The standard InChI is InChI=1S/C20H19IN2O3/c1-4-10-26-19-17(21)11-15(12-18(19)25-5-2)13-22-23-20(24)16-9-7-6-8-14(16)3/h1,6-9,11-13H,5,10H2,2-3H3,(H,23,24)/b22-13+. The quantitative estimate of drug-likeness (QED) is 0.295. The molecular weight excluding hydrogens is 443 g/mol. The van der Waals surface area contributed by atoms with E-state index in [0.717, 1.165) is 14.7 Å². The molecule has 6 heteroatoms. The number of halogens is 1. The maximum atomic E-state index is 12.2. The van der Waals surface area contributed by atoms with Crippen LogP contribution < -0.4 is 14.9 Å². The van der Waals surface area contributed by atoms with Gasteiger partial charge in [0.1, 0.15) is 6.61 Å². The van der Waals surface area contributed by atoms with Crippen molar-refractivity contribution in [3.8, 4) is 23.8 Å². The molecule has 0 fully saturated rings. The number of benzene rings is 2. The van der Waals surface area contributed by atoms with Crippen molar-refractivity contribution in [2.45, 2.75) is 13.8 Å². The molecule has 0 spiro atoms. The second kappa shape index (κ2) is 9.82. The van der Waals surface area contributed by atoms with Crippen LogP contribution in [-0.4, -0.2) is 25.3 Å². The van der Waals surface area contributed by atoms with Crippen LogP contribution in [-0.2, 0) is 0 Å². The first-order valence-corrected chi connectivity index (χ1v) is 9.06. The van der Waals surface area contributed by atoms with Crippen molar-refractivity contribution in [3.63, 3.8) is 0 Å². The van der Waals surface area contributed by atoms with Crippen LogP contribution in [0.3, 0.4) is 0 Å². The average molecular weight is 462 g/mol.